The second-order valence-electron chi connectivity index (χ2n) is 6.60. The van der Waals surface area contributed by atoms with E-state index in [1.54, 1.807) is 0 Å². The Morgan fingerprint density at radius 1 is 1.21 bits per heavy atom. The van der Waals surface area contributed by atoms with E-state index in [0.717, 1.165) is 24.2 Å². The highest BCUT2D eigenvalue weighted by Gasteiger charge is 2.23. The molecular formula is C20H27N3O. The van der Waals surface area contributed by atoms with Crippen LogP contribution in [0.25, 0.3) is 5.69 Å². The number of hydrogen-bond donors (Lipinski definition) is 0. The van der Waals surface area contributed by atoms with Gasteiger partial charge in [0.05, 0.1) is 11.9 Å². The van der Waals surface area contributed by atoms with Crippen LogP contribution >= 0.6 is 0 Å². The third kappa shape index (κ3) is 4.05. The van der Waals surface area contributed by atoms with Crippen LogP contribution in [0.4, 0.5) is 0 Å². The van der Waals surface area contributed by atoms with Crippen molar-refractivity contribution >= 4 is 5.91 Å². The number of aromatic nitrogens is 2. The van der Waals surface area contributed by atoms with Gasteiger partial charge in [0.15, 0.2) is 0 Å². The van der Waals surface area contributed by atoms with Crippen molar-refractivity contribution in [2.45, 2.75) is 57.9 Å². The van der Waals surface area contributed by atoms with E-state index in [-0.39, 0.29) is 5.91 Å². The van der Waals surface area contributed by atoms with Crippen LogP contribution in [0.15, 0.2) is 42.7 Å². The maximum atomic E-state index is 12.6. The molecule has 4 nitrogen and oxygen atoms in total. The van der Waals surface area contributed by atoms with Crippen molar-refractivity contribution in [1.82, 2.24) is 14.7 Å². The smallest absolute Gasteiger partial charge is 0.223 e. The summed E-state index contributed by atoms with van der Waals surface area (Å²) >= 11 is 0. The summed E-state index contributed by atoms with van der Waals surface area (Å²) in [5.74, 6) is 0.289. The van der Waals surface area contributed by atoms with Crippen molar-refractivity contribution in [3.05, 3.63) is 48.3 Å². The van der Waals surface area contributed by atoms with Crippen LogP contribution in [0.3, 0.4) is 0 Å². The van der Waals surface area contributed by atoms with Gasteiger partial charge in [0.2, 0.25) is 5.91 Å². The van der Waals surface area contributed by atoms with Gasteiger partial charge in [-0.2, -0.15) is 5.10 Å². The first-order valence-electron chi connectivity index (χ1n) is 9.16. The van der Waals surface area contributed by atoms with Crippen LogP contribution in [0.1, 0.15) is 51.0 Å². The number of aryl methyl sites for hydroxylation is 1. The number of amides is 1. The molecule has 0 N–H and O–H groups in total. The molecular weight excluding hydrogens is 298 g/mol. The lowest BCUT2D eigenvalue weighted by atomic mass is 9.94. The molecule has 1 aliphatic rings. The van der Waals surface area contributed by atoms with E-state index in [1.807, 2.05) is 47.4 Å². The van der Waals surface area contributed by atoms with Crippen molar-refractivity contribution in [2.24, 2.45) is 0 Å². The predicted molar refractivity (Wildman–Crippen MR) is 96.1 cm³/mol. The zero-order valence-electron chi connectivity index (χ0n) is 14.5. The molecule has 1 heterocycles. The molecule has 128 valence electrons. The maximum Gasteiger partial charge on any atom is 0.223 e. The van der Waals surface area contributed by atoms with Gasteiger partial charge in [0.1, 0.15) is 0 Å². The van der Waals surface area contributed by atoms with E-state index in [2.05, 4.69) is 16.9 Å². The first kappa shape index (κ1) is 16.7. The van der Waals surface area contributed by atoms with Gasteiger partial charge in [0.25, 0.3) is 0 Å². The molecule has 1 aromatic heterocycles. The molecule has 1 amide bonds. The summed E-state index contributed by atoms with van der Waals surface area (Å²) in [5.41, 5.74) is 2.17. The SMILES string of the molecule is CCN(C(=O)CCc1cnn(-c2ccccc2)c1)C1CCCCC1. The van der Waals surface area contributed by atoms with Crippen LogP contribution in [0.5, 0.6) is 0 Å². The number of para-hydroxylation sites is 1. The highest BCUT2D eigenvalue weighted by molar-refractivity contribution is 5.76. The summed E-state index contributed by atoms with van der Waals surface area (Å²) in [6.07, 6.45) is 11.4. The Morgan fingerprint density at radius 2 is 1.96 bits per heavy atom. The Morgan fingerprint density at radius 3 is 2.67 bits per heavy atom. The monoisotopic (exact) mass is 325 g/mol. The molecule has 0 unspecified atom stereocenters. The Bertz CT molecular complexity index is 644. The van der Waals surface area contributed by atoms with Gasteiger partial charge in [-0.25, -0.2) is 4.68 Å². The highest BCUT2D eigenvalue weighted by atomic mass is 16.2. The van der Waals surface area contributed by atoms with Crippen LogP contribution in [0, 0.1) is 0 Å². The van der Waals surface area contributed by atoms with Crippen LogP contribution in [-0.2, 0) is 11.2 Å². The first-order chi connectivity index (χ1) is 11.8. The largest absolute Gasteiger partial charge is 0.340 e. The fourth-order valence-corrected chi connectivity index (χ4v) is 3.64. The molecule has 0 radical (unpaired) electrons. The Balaban J connectivity index is 1.56. The molecule has 1 aliphatic carbocycles. The van der Waals surface area contributed by atoms with E-state index in [9.17, 15) is 4.79 Å². The molecule has 24 heavy (non-hydrogen) atoms. The first-order valence-corrected chi connectivity index (χ1v) is 9.16. The lowest BCUT2D eigenvalue weighted by Crippen LogP contribution is -2.41. The molecule has 1 aromatic carbocycles. The van der Waals surface area contributed by atoms with Gasteiger partial charge < -0.3 is 4.90 Å². The standard InChI is InChI=1S/C20H27N3O/c1-2-22(18-9-5-3-6-10-18)20(24)14-13-17-15-21-23(16-17)19-11-7-4-8-12-19/h4,7-8,11-12,15-16,18H,2-3,5-6,9-10,13-14H2,1H3. The number of benzene rings is 1. The summed E-state index contributed by atoms with van der Waals surface area (Å²) in [6.45, 7) is 2.92. The summed E-state index contributed by atoms with van der Waals surface area (Å²) < 4.78 is 1.87. The number of carbonyl (C=O) groups is 1. The van der Waals surface area contributed by atoms with Crippen molar-refractivity contribution < 1.29 is 4.79 Å². The van der Waals surface area contributed by atoms with E-state index in [0.29, 0.717) is 12.5 Å². The molecule has 1 fully saturated rings. The fraction of sp³-hybridized carbons (Fsp3) is 0.500. The highest BCUT2D eigenvalue weighted by Crippen LogP contribution is 2.23. The minimum atomic E-state index is 0.289. The molecule has 0 aliphatic heterocycles. The van der Waals surface area contributed by atoms with Gasteiger partial charge in [-0.15, -0.1) is 0 Å². The molecule has 3 rings (SSSR count). The Hall–Kier alpha value is -2.10. The minimum Gasteiger partial charge on any atom is -0.340 e. The molecule has 2 aromatic rings. The number of nitrogens with zero attached hydrogens (tertiary/aromatic N) is 3. The molecule has 4 heteroatoms. The summed E-state index contributed by atoms with van der Waals surface area (Å²) in [4.78, 5) is 14.7. The average molecular weight is 325 g/mol. The summed E-state index contributed by atoms with van der Waals surface area (Å²) in [6, 6.07) is 10.5. The Labute approximate surface area is 144 Å². The number of carbonyl (C=O) groups excluding carboxylic acids is 1. The number of rotatable bonds is 6. The predicted octanol–water partition coefficient (Wildman–Crippen LogP) is 3.99. The van der Waals surface area contributed by atoms with Gasteiger partial charge >= 0.3 is 0 Å². The van der Waals surface area contributed by atoms with Crippen molar-refractivity contribution in [1.29, 1.82) is 0 Å². The second kappa shape index (κ2) is 8.13. The third-order valence-electron chi connectivity index (χ3n) is 4.96. The topological polar surface area (TPSA) is 38.1 Å². The summed E-state index contributed by atoms with van der Waals surface area (Å²) in [7, 11) is 0. The molecule has 0 spiro atoms. The van der Waals surface area contributed by atoms with Crippen molar-refractivity contribution in [3.8, 4) is 5.69 Å². The zero-order chi connectivity index (χ0) is 16.8. The van der Waals surface area contributed by atoms with Gasteiger partial charge in [0, 0.05) is 25.2 Å². The maximum absolute atomic E-state index is 12.6. The van der Waals surface area contributed by atoms with Crippen LogP contribution in [-0.4, -0.2) is 33.2 Å². The van der Waals surface area contributed by atoms with E-state index in [1.165, 1.54) is 32.1 Å². The average Bonchev–Trinajstić information content (AvgIpc) is 3.11. The zero-order valence-corrected chi connectivity index (χ0v) is 14.5. The van der Waals surface area contributed by atoms with Crippen LogP contribution in [0.2, 0.25) is 0 Å². The van der Waals surface area contributed by atoms with E-state index < -0.39 is 0 Å². The second-order valence-corrected chi connectivity index (χ2v) is 6.60. The lowest BCUT2D eigenvalue weighted by Gasteiger charge is -2.33. The lowest BCUT2D eigenvalue weighted by molar-refractivity contribution is -0.133. The summed E-state index contributed by atoms with van der Waals surface area (Å²) in [5, 5.41) is 4.41. The van der Waals surface area contributed by atoms with E-state index in [4.69, 9.17) is 0 Å². The van der Waals surface area contributed by atoms with Crippen molar-refractivity contribution in [3.63, 3.8) is 0 Å². The Kier molecular flexibility index (Phi) is 5.68. The van der Waals surface area contributed by atoms with Gasteiger partial charge in [-0.1, -0.05) is 37.5 Å². The van der Waals surface area contributed by atoms with Gasteiger partial charge in [-0.05, 0) is 43.9 Å². The van der Waals surface area contributed by atoms with E-state index >= 15 is 0 Å². The quantitative estimate of drug-likeness (QED) is 0.805. The number of hydrogen-bond acceptors (Lipinski definition) is 2. The molecule has 1 saturated carbocycles. The van der Waals surface area contributed by atoms with Gasteiger partial charge in [-0.3, -0.25) is 4.79 Å². The van der Waals surface area contributed by atoms with Crippen LogP contribution < -0.4 is 0 Å². The third-order valence-corrected chi connectivity index (χ3v) is 4.96. The fourth-order valence-electron chi connectivity index (χ4n) is 3.64. The molecule has 0 atom stereocenters. The minimum absolute atomic E-state index is 0.289. The van der Waals surface area contributed by atoms with Crippen molar-refractivity contribution in [2.75, 3.05) is 6.54 Å². The molecule has 0 saturated heterocycles. The normalized spacial score (nSPS) is 15.4. The molecule has 0 bridgehead atoms.